The number of carbonyl (C=O) groups excluding carboxylic acids is 1. The maximum Gasteiger partial charge on any atom is 0.339 e. The number of urea groups is 1. The third kappa shape index (κ3) is 6.24. The van der Waals surface area contributed by atoms with E-state index < -0.39 is 3.79 Å². The standard InChI is InChI=1S/C7H12Cl3N2O/c1-3-11-6(13)12(4-2)5-7(8,9)10/h3-5H2,1-2H3. The number of alkyl halides is 3. The van der Waals surface area contributed by atoms with Crippen molar-refractivity contribution >= 4 is 40.8 Å². The summed E-state index contributed by atoms with van der Waals surface area (Å²) in [6.45, 7) is 4.57. The van der Waals surface area contributed by atoms with Crippen LogP contribution in [0.15, 0.2) is 0 Å². The molecule has 0 aliphatic carbocycles. The van der Waals surface area contributed by atoms with Gasteiger partial charge in [-0.15, -0.1) is 0 Å². The van der Waals surface area contributed by atoms with E-state index in [-0.39, 0.29) is 12.6 Å². The monoisotopic (exact) mass is 245 g/mol. The van der Waals surface area contributed by atoms with Gasteiger partial charge in [0.15, 0.2) is 0 Å². The molecule has 6 heteroatoms. The van der Waals surface area contributed by atoms with Crippen molar-refractivity contribution in [1.29, 1.82) is 0 Å². The minimum atomic E-state index is -1.44. The van der Waals surface area contributed by atoms with Gasteiger partial charge in [-0.3, -0.25) is 0 Å². The molecule has 0 N–H and O–H groups in total. The van der Waals surface area contributed by atoms with Crippen LogP contribution >= 0.6 is 34.8 Å². The van der Waals surface area contributed by atoms with Crippen molar-refractivity contribution in [2.45, 2.75) is 17.6 Å². The molecule has 0 aromatic rings. The molecule has 1 radical (unpaired) electrons. The molecule has 0 fully saturated rings. The molecule has 0 unspecified atom stereocenters. The predicted octanol–water partition coefficient (Wildman–Crippen LogP) is 2.42. The Morgan fingerprint density at radius 1 is 1.38 bits per heavy atom. The Hall–Kier alpha value is 0.140. The average Bonchev–Trinajstić information content (AvgIpc) is 1.99. The van der Waals surface area contributed by atoms with Crippen molar-refractivity contribution in [3.05, 3.63) is 0 Å². The van der Waals surface area contributed by atoms with Crippen molar-refractivity contribution in [3.63, 3.8) is 0 Å². The van der Waals surface area contributed by atoms with E-state index in [4.69, 9.17) is 34.8 Å². The average molecular weight is 247 g/mol. The SMILES string of the molecule is CC[N]C(=O)N(CC)CC(Cl)(Cl)Cl. The van der Waals surface area contributed by atoms with E-state index in [0.717, 1.165) is 0 Å². The summed E-state index contributed by atoms with van der Waals surface area (Å²) in [5.74, 6) is 0. The van der Waals surface area contributed by atoms with Gasteiger partial charge in [-0.2, -0.15) is 0 Å². The van der Waals surface area contributed by atoms with Crippen molar-refractivity contribution in [2.75, 3.05) is 19.6 Å². The van der Waals surface area contributed by atoms with Crippen molar-refractivity contribution in [2.24, 2.45) is 0 Å². The van der Waals surface area contributed by atoms with Crippen molar-refractivity contribution < 1.29 is 4.79 Å². The topological polar surface area (TPSA) is 34.4 Å². The zero-order chi connectivity index (χ0) is 10.5. The fraction of sp³-hybridized carbons (Fsp3) is 0.857. The Morgan fingerprint density at radius 2 is 1.92 bits per heavy atom. The van der Waals surface area contributed by atoms with E-state index in [2.05, 4.69) is 5.32 Å². The van der Waals surface area contributed by atoms with Gasteiger partial charge in [-0.25, -0.2) is 10.1 Å². The first-order valence-corrected chi connectivity index (χ1v) is 5.07. The second kappa shape index (κ2) is 5.78. The molecule has 77 valence electrons. The van der Waals surface area contributed by atoms with Gasteiger partial charge in [0.25, 0.3) is 0 Å². The predicted molar refractivity (Wildman–Crippen MR) is 55.6 cm³/mol. The second-order valence-corrected chi connectivity index (χ2v) is 4.90. The van der Waals surface area contributed by atoms with Gasteiger partial charge in [-0.1, -0.05) is 34.8 Å². The fourth-order valence-electron chi connectivity index (χ4n) is 0.766. The van der Waals surface area contributed by atoms with Gasteiger partial charge in [0.1, 0.15) is 0 Å². The Morgan fingerprint density at radius 3 is 2.23 bits per heavy atom. The molecular formula is C7H12Cl3N2O. The van der Waals surface area contributed by atoms with Crippen molar-refractivity contribution in [1.82, 2.24) is 10.2 Å². The van der Waals surface area contributed by atoms with Gasteiger partial charge in [0.05, 0.1) is 6.54 Å². The van der Waals surface area contributed by atoms with Gasteiger partial charge in [0.2, 0.25) is 3.79 Å². The lowest BCUT2D eigenvalue weighted by Crippen LogP contribution is -2.40. The van der Waals surface area contributed by atoms with Gasteiger partial charge in [-0.05, 0) is 13.8 Å². The molecule has 0 heterocycles. The molecule has 0 saturated carbocycles. The summed E-state index contributed by atoms with van der Waals surface area (Å²) < 4.78 is -1.44. The van der Waals surface area contributed by atoms with Crippen LogP contribution < -0.4 is 5.32 Å². The number of hydrogen-bond donors (Lipinski definition) is 0. The highest BCUT2D eigenvalue weighted by Gasteiger charge is 2.26. The van der Waals surface area contributed by atoms with Crippen LogP contribution in [-0.2, 0) is 0 Å². The molecule has 0 atom stereocenters. The minimum absolute atomic E-state index is 0.0660. The zero-order valence-electron chi connectivity index (χ0n) is 7.56. The van der Waals surface area contributed by atoms with E-state index in [1.54, 1.807) is 13.8 Å². The second-order valence-electron chi connectivity index (χ2n) is 2.39. The molecule has 0 aliphatic heterocycles. The summed E-state index contributed by atoms with van der Waals surface area (Å²) in [5, 5.41) is 3.69. The Balaban J connectivity index is 4.10. The number of rotatable bonds is 3. The fourth-order valence-corrected chi connectivity index (χ4v) is 1.20. The molecular weight excluding hydrogens is 234 g/mol. The first-order chi connectivity index (χ1) is 5.90. The summed E-state index contributed by atoms with van der Waals surface area (Å²) in [4.78, 5) is 12.6. The molecule has 3 nitrogen and oxygen atoms in total. The molecule has 13 heavy (non-hydrogen) atoms. The molecule has 0 bridgehead atoms. The number of carbonyl (C=O) groups is 1. The van der Waals surface area contributed by atoms with E-state index in [0.29, 0.717) is 13.1 Å². The molecule has 0 aliphatic rings. The van der Waals surface area contributed by atoms with Gasteiger partial charge >= 0.3 is 6.03 Å². The maximum absolute atomic E-state index is 11.2. The highest BCUT2D eigenvalue weighted by Crippen LogP contribution is 2.26. The van der Waals surface area contributed by atoms with E-state index >= 15 is 0 Å². The highest BCUT2D eigenvalue weighted by atomic mass is 35.6. The summed E-state index contributed by atoms with van der Waals surface area (Å²) >= 11 is 16.6. The van der Waals surface area contributed by atoms with Crippen LogP contribution in [0.4, 0.5) is 4.79 Å². The van der Waals surface area contributed by atoms with Crippen LogP contribution in [-0.4, -0.2) is 34.4 Å². The van der Waals surface area contributed by atoms with E-state index in [1.807, 2.05) is 0 Å². The summed E-state index contributed by atoms with van der Waals surface area (Å²) in [7, 11) is 0. The molecule has 0 aromatic carbocycles. The van der Waals surface area contributed by atoms with Crippen LogP contribution in [0.25, 0.3) is 0 Å². The molecule has 0 aromatic heterocycles. The van der Waals surface area contributed by atoms with Gasteiger partial charge in [0, 0.05) is 13.1 Å². The summed E-state index contributed by atoms with van der Waals surface area (Å²) in [5.41, 5.74) is 0. The van der Waals surface area contributed by atoms with Crippen molar-refractivity contribution in [3.8, 4) is 0 Å². The lowest BCUT2D eigenvalue weighted by Gasteiger charge is -2.23. The minimum Gasteiger partial charge on any atom is -0.319 e. The molecule has 0 saturated heterocycles. The van der Waals surface area contributed by atoms with Crippen LogP contribution in [0.2, 0.25) is 0 Å². The first-order valence-electron chi connectivity index (χ1n) is 3.93. The molecule has 0 rings (SSSR count). The lowest BCUT2D eigenvalue weighted by atomic mass is 10.5. The lowest BCUT2D eigenvalue weighted by molar-refractivity contribution is 0.201. The van der Waals surface area contributed by atoms with Crippen LogP contribution in [0.3, 0.4) is 0 Å². The van der Waals surface area contributed by atoms with Crippen LogP contribution in [0.1, 0.15) is 13.8 Å². The smallest absolute Gasteiger partial charge is 0.319 e. The normalized spacial score (nSPS) is 11.2. The Bertz CT molecular complexity index is 170. The molecule has 2 amide bonds. The zero-order valence-corrected chi connectivity index (χ0v) is 9.83. The Labute approximate surface area is 93.3 Å². The Kier molecular flexibility index (Phi) is 5.85. The number of hydrogen-bond acceptors (Lipinski definition) is 1. The molecule has 0 spiro atoms. The first kappa shape index (κ1) is 13.1. The van der Waals surface area contributed by atoms with E-state index in [1.165, 1.54) is 4.90 Å². The number of halogens is 3. The summed E-state index contributed by atoms with van der Waals surface area (Å²) in [6, 6.07) is -0.337. The van der Waals surface area contributed by atoms with Gasteiger partial charge < -0.3 is 4.90 Å². The third-order valence-electron chi connectivity index (χ3n) is 1.32. The quantitative estimate of drug-likeness (QED) is 0.704. The largest absolute Gasteiger partial charge is 0.339 e. The number of amides is 2. The van der Waals surface area contributed by atoms with E-state index in [9.17, 15) is 4.79 Å². The van der Waals surface area contributed by atoms with Crippen LogP contribution in [0.5, 0.6) is 0 Å². The highest BCUT2D eigenvalue weighted by molar-refractivity contribution is 6.67. The van der Waals surface area contributed by atoms with Crippen LogP contribution in [0, 0.1) is 0 Å². The summed E-state index contributed by atoms with van der Waals surface area (Å²) in [6.07, 6.45) is 0. The number of nitrogens with zero attached hydrogens (tertiary/aromatic N) is 2. The maximum atomic E-state index is 11.2. The third-order valence-corrected chi connectivity index (χ3v) is 1.67.